The first-order chi connectivity index (χ1) is 11.7. The van der Waals surface area contributed by atoms with Crippen LogP contribution in [-0.4, -0.2) is 32.3 Å². The number of nitrogens with zero attached hydrogens (tertiary/aromatic N) is 2. The lowest BCUT2D eigenvalue weighted by Crippen LogP contribution is -2.35. The molecule has 1 fully saturated rings. The van der Waals surface area contributed by atoms with E-state index in [1.807, 2.05) is 12.1 Å². The average molecular weight is 361 g/mol. The van der Waals surface area contributed by atoms with Crippen molar-refractivity contribution in [1.82, 2.24) is 0 Å². The van der Waals surface area contributed by atoms with Gasteiger partial charge in [0.2, 0.25) is 5.69 Å². The second-order valence-corrected chi connectivity index (χ2v) is 6.98. The van der Waals surface area contributed by atoms with Crippen molar-refractivity contribution in [2.45, 2.75) is 6.10 Å². The maximum absolute atomic E-state index is 12.3. The summed E-state index contributed by atoms with van der Waals surface area (Å²) in [5.74, 6) is -0.362. The van der Waals surface area contributed by atoms with Gasteiger partial charge in [-0.15, -0.1) is 11.3 Å². The number of esters is 1. The molecular formula is C17H13ClN2O3S. The first-order valence-electron chi connectivity index (χ1n) is 7.52. The van der Waals surface area contributed by atoms with Crippen LogP contribution in [-0.2, 0) is 9.47 Å². The van der Waals surface area contributed by atoms with E-state index in [9.17, 15) is 4.79 Å². The molecule has 3 heterocycles. The van der Waals surface area contributed by atoms with E-state index < -0.39 is 6.10 Å². The zero-order chi connectivity index (χ0) is 16.7. The van der Waals surface area contributed by atoms with E-state index in [1.165, 1.54) is 11.3 Å². The van der Waals surface area contributed by atoms with Gasteiger partial charge in [0.25, 0.3) is 0 Å². The monoisotopic (exact) mass is 360 g/mol. The molecule has 0 amide bonds. The molecule has 1 aromatic heterocycles. The van der Waals surface area contributed by atoms with Crippen LogP contribution in [0.15, 0.2) is 24.3 Å². The number of carbonyl (C=O) groups is 1. The van der Waals surface area contributed by atoms with E-state index in [0.29, 0.717) is 34.4 Å². The molecule has 122 valence electrons. The molecule has 5 nitrogen and oxygen atoms in total. The number of hydrogen-bond acceptors (Lipinski definition) is 5. The number of thiophene rings is 1. The van der Waals surface area contributed by atoms with Gasteiger partial charge < -0.3 is 14.4 Å². The number of benzene rings is 1. The minimum atomic E-state index is -0.542. The van der Waals surface area contributed by atoms with Gasteiger partial charge >= 0.3 is 5.97 Å². The maximum atomic E-state index is 12.3. The Kier molecular flexibility index (Phi) is 3.93. The van der Waals surface area contributed by atoms with Gasteiger partial charge in [-0.3, -0.25) is 0 Å². The summed E-state index contributed by atoms with van der Waals surface area (Å²) < 4.78 is 10.9. The topological polar surface area (TPSA) is 43.1 Å². The van der Waals surface area contributed by atoms with E-state index in [4.69, 9.17) is 27.6 Å². The molecule has 2 aliphatic rings. The Labute approximate surface area is 148 Å². The first-order valence-corrected chi connectivity index (χ1v) is 8.71. The number of carbonyl (C=O) groups excluding carboxylic acids is 1. The summed E-state index contributed by atoms with van der Waals surface area (Å²) in [4.78, 5) is 18.7. The quantitative estimate of drug-likeness (QED) is 0.598. The third kappa shape index (κ3) is 2.46. The van der Waals surface area contributed by atoms with Gasteiger partial charge in [0, 0.05) is 23.7 Å². The van der Waals surface area contributed by atoms with E-state index in [-0.39, 0.29) is 5.97 Å². The molecule has 0 spiro atoms. The van der Waals surface area contributed by atoms with Crippen LogP contribution in [0.4, 0.5) is 10.7 Å². The second kappa shape index (κ2) is 6.10. The highest BCUT2D eigenvalue weighted by Gasteiger charge is 2.39. The fraction of sp³-hybridized carbons (Fsp3) is 0.294. The standard InChI is InChI=1S/C17H13ClN2O3S/c1-19-13-12-14(10-2-4-11(18)5-3-10)23-17(21)15(12)24-16(13)20-6-8-22-9-7-20/h2-5,14H,6-9H2. The van der Waals surface area contributed by atoms with E-state index >= 15 is 0 Å². The molecule has 2 aromatic rings. The van der Waals surface area contributed by atoms with Gasteiger partial charge in [0.15, 0.2) is 0 Å². The third-order valence-electron chi connectivity index (χ3n) is 4.16. The van der Waals surface area contributed by atoms with Gasteiger partial charge in [0.1, 0.15) is 11.0 Å². The van der Waals surface area contributed by atoms with Crippen LogP contribution in [0.25, 0.3) is 4.85 Å². The lowest BCUT2D eigenvalue weighted by atomic mass is 10.0. The van der Waals surface area contributed by atoms with Gasteiger partial charge in [0.05, 0.1) is 24.8 Å². The lowest BCUT2D eigenvalue weighted by Gasteiger charge is -2.28. The first kappa shape index (κ1) is 15.5. The number of ether oxygens (including phenoxy) is 2. The highest BCUT2D eigenvalue weighted by atomic mass is 35.5. The summed E-state index contributed by atoms with van der Waals surface area (Å²) in [6, 6.07) is 7.18. The molecule has 0 radical (unpaired) electrons. The van der Waals surface area contributed by atoms with E-state index in [2.05, 4.69) is 9.74 Å². The van der Waals surface area contributed by atoms with E-state index in [0.717, 1.165) is 23.7 Å². The highest BCUT2D eigenvalue weighted by molar-refractivity contribution is 7.19. The number of hydrogen-bond donors (Lipinski definition) is 0. The molecular weight excluding hydrogens is 348 g/mol. The molecule has 0 aliphatic carbocycles. The van der Waals surface area contributed by atoms with E-state index in [1.54, 1.807) is 12.1 Å². The number of anilines is 1. The predicted molar refractivity (Wildman–Crippen MR) is 92.3 cm³/mol. The predicted octanol–water partition coefficient (Wildman–Crippen LogP) is 4.05. The molecule has 0 N–H and O–H groups in total. The van der Waals surface area contributed by atoms with Crippen molar-refractivity contribution in [2.24, 2.45) is 0 Å². The molecule has 1 atom stereocenters. The van der Waals surface area contributed by atoms with Crippen molar-refractivity contribution < 1.29 is 14.3 Å². The molecule has 0 saturated carbocycles. The smallest absolute Gasteiger partial charge is 0.348 e. The Morgan fingerprint density at radius 1 is 1.25 bits per heavy atom. The van der Waals surface area contributed by atoms with Crippen molar-refractivity contribution in [3.8, 4) is 0 Å². The Balaban J connectivity index is 1.80. The van der Waals surface area contributed by atoms with Gasteiger partial charge in [-0.1, -0.05) is 23.7 Å². The number of cyclic esters (lactones) is 1. The number of morpholine rings is 1. The zero-order valence-electron chi connectivity index (χ0n) is 12.6. The van der Waals surface area contributed by atoms with Crippen molar-refractivity contribution in [1.29, 1.82) is 0 Å². The molecule has 1 unspecified atom stereocenters. The van der Waals surface area contributed by atoms with Crippen LogP contribution < -0.4 is 4.90 Å². The van der Waals surface area contributed by atoms with Crippen molar-refractivity contribution in [2.75, 3.05) is 31.2 Å². The summed E-state index contributed by atoms with van der Waals surface area (Å²) in [5, 5.41) is 1.46. The highest BCUT2D eigenvalue weighted by Crippen LogP contribution is 2.52. The van der Waals surface area contributed by atoms with Crippen LogP contribution in [0.3, 0.4) is 0 Å². The molecule has 24 heavy (non-hydrogen) atoms. The molecule has 0 bridgehead atoms. The largest absolute Gasteiger partial charge is 0.450 e. The van der Waals surface area contributed by atoms with Gasteiger partial charge in [-0.2, -0.15) is 0 Å². The van der Waals surface area contributed by atoms with Gasteiger partial charge in [-0.25, -0.2) is 9.64 Å². The number of halogens is 1. The normalized spacial score (nSPS) is 19.8. The van der Waals surface area contributed by atoms with Gasteiger partial charge in [-0.05, 0) is 17.7 Å². The molecule has 7 heteroatoms. The average Bonchev–Trinajstić information content (AvgIpc) is 3.14. The summed E-state index contributed by atoms with van der Waals surface area (Å²) in [6.45, 7) is 10.3. The Hall–Kier alpha value is -2.07. The van der Waals surface area contributed by atoms with Crippen LogP contribution in [0.1, 0.15) is 26.9 Å². The van der Waals surface area contributed by atoms with Crippen molar-refractivity contribution in [3.05, 3.63) is 56.7 Å². The molecule has 1 saturated heterocycles. The lowest BCUT2D eigenvalue weighted by molar-refractivity contribution is 0.0459. The summed E-state index contributed by atoms with van der Waals surface area (Å²) in [6.07, 6.45) is -0.542. The Morgan fingerprint density at radius 3 is 2.62 bits per heavy atom. The Morgan fingerprint density at radius 2 is 1.96 bits per heavy atom. The molecule has 1 aromatic carbocycles. The summed E-state index contributed by atoms with van der Waals surface area (Å²) in [7, 11) is 0. The van der Waals surface area contributed by atoms with Crippen LogP contribution in [0, 0.1) is 6.57 Å². The number of rotatable bonds is 2. The second-order valence-electron chi connectivity index (χ2n) is 5.55. The van der Waals surface area contributed by atoms with Crippen molar-refractivity contribution in [3.63, 3.8) is 0 Å². The maximum Gasteiger partial charge on any atom is 0.348 e. The minimum absolute atomic E-state index is 0.362. The fourth-order valence-corrected chi connectivity index (χ4v) is 4.33. The van der Waals surface area contributed by atoms with Crippen LogP contribution in [0.5, 0.6) is 0 Å². The Bertz CT molecular complexity index is 835. The van der Waals surface area contributed by atoms with Crippen molar-refractivity contribution >= 4 is 39.6 Å². The minimum Gasteiger partial charge on any atom is -0.450 e. The summed E-state index contributed by atoms with van der Waals surface area (Å²) in [5.41, 5.74) is 2.02. The molecule has 4 rings (SSSR count). The van der Waals surface area contributed by atoms with Crippen LogP contribution >= 0.6 is 22.9 Å². The molecule has 2 aliphatic heterocycles. The zero-order valence-corrected chi connectivity index (χ0v) is 14.2. The fourth-order valence-electron chi connectivity index (χ4n) is 3.00. The third-order valence-corrected chi connectivity index (χ3v) is 5.64. The summed E-state index contributed by atoms with van der Waals surface area (Å²) >= 11 is 7.28. The SMILES string of the molecule is [C-]#[N+]c1c(N2CCOCC2)sc2c1C(c1ccc(Cl)cc1)OC2=O. The van der Waals surface area contributed by atoms with Crippen LogP contribution in [0.2, 0.25) is 5.02 Å². The number of fused-ring (bicyclic) bond motifs is 1.